The van der Waals surface area contributed by atoms with E-state index in [1.807, 2.05) is 24.3 Å². The fourth-order valence-electron chi connectivity index (χ4n) is 3.33. The lowest BCUT2D eigenvalue weighted by Gasteiger charge is -2.44. The highest BCUT2D eigenvalue weighted by Crippen LogP contribution is 2.53. The summed E-state index contributed by atoms with van der Waals surface area (Å²) < 4.78 is 18.2. The summed E-state index contributed by atoms with van der Waals surface area (Å²) in [5.41, 5.74) is 2.59. The summed E-state index contributed by atoms with van der Waals surface area (Å²) in [6, 6.07) is 15.3. The van der Waals surface area contributed by atoms with Crippen molar-refractivity contribution in [3.63, 3.8) is 0 Å². The summed E-state index contributed by atoms with van der Waals surface area (Å²) in [6.45, 7) is 2.29. The molecule has 0 bridgehead atoms. The maximum absolute atomic E-state index is 13.0. The summed E-state index contributed by atoms with van der Waals surface area (Å²) in [5, 5.41) is 0. The smallest absolute Gasteiger partial charge is 0.123 e. The minimum absolute atomic E-state index is 0.165. The van der Waals surface area contributed by atoms with Gasteiger partial charge in [0.25, 0.3) is 0 Å². The van der Waals surface area contributed by atoms with E-state index in [-0.39, 0.29) is 5.82 Å². The molecule has 1 aliphatic rings. The molecule has 2 heteroatoms. The largest absolute Gasteiger partial charge is 0.497 e. The van der Waals surface area contributed by atoms with Gasteiger partial charge in [0.15, 0.2) is 0 Å². The van der Waals surface area contributed by atoms with Gasteiger partial charge >= 0.3 is 0 Å². The lowest BCUT2D eigenvalue weighted by Crippen LogP contribution is -2.30. The molecule has 104 valence electrons. The van der Waals surface area contributed by atoms with E-state index in [9.17, 15) is 4.39 Å². The van der Waals surface area contributed by atoms with E-state index in [2.05, 4.69) is 19.1 Å². The lowest BCUT2D eigenvalue weighted by molar-refractivity contribution is 0.227. The average molecular weight is 270 g/mol. The molecule has 0 saturated heterocycles. The first-order chi connectivity index (χ1) is 9.69. The summed E-state index contributed by atoms with van der Waals surface area (Å²) in [6.07, 6.45) is 1.17. The molecule has 0 aliphatic heterocycles. The Morgan fingerprint density at radius 1 is 0.950 bits per heavy atom. The molecule has 0 N–H and O–H groups in total. The SMILES string of the molecule is COc1ccc([C@H]2[C@H](C)C[C@@H]2c2ccc(F)cc2)cc1. The lowest BCUT2D eigenvalue weighted by atomic mass is 9.60. The van der Waals surface area contributed by atoms with Crippen LogP contribution in [0.5, 0.6) is 5.75 Å². The number of halogens is 1. The van der Waals surface area contributed by atoms with E-state index in [0.29, 0.717) is 17.8 Å². The van der Waals surface area contributed by atoms with Crippen LogP contribution in [0.2, 0.25) is 0 Å². The van der Waals surface area contributed by atoms with Crippen LogP contribution < -0.4 is 4.74 Å². The predicted octanol–water partition coefficient (Wildman–Crippen LogP) is 4.74. The average Bonchev–Trinajstić information content (AvgIpc) is 2.46. The fourth-order valence-corrected chi connectivity index (χ4v) is 3.33. The van der Waals surface area contributed by atoms with Gasteiger partial charge < -0.3 is 4.74 Å². The van der Waals surface area contributed by atoms with Crippen LogP contribution in [-0.4, -0.2) is 7.11 Å². The third-order valence-electron chi connectivity index (χ3n) is 4.47. The van der Waals surface area contributed by atoms with Crippen LogP contribution in [0.4, 0.5) is 4.39 Å². The molecule has 0 unspecified atom stereocenters. The summed E-state index contributed by atoms with van der Waals surface area (Å²) in [7, 11) is 1.68. The van der Waals surface area contributed by atoms with Crippen LogP contribution >= 0.6 is 0 Å². The topological polar surface area (TPSA) is 9.23 Å². The molecule has 0 radical (unpaired) electrons. The Morgan fingerprint density at radius 2 is 1.55 bits per heavy atom. The van der Waals surface area contributed by atoms with Crippen LogP contribution in [0.1, 0.15) is 36.3 Å². The van der Waals surface area contributed by atoms with Crippen molar-refractivity contribution in [2.75, 3.05) is 7.11 Å². The maximum atomic E-state index is 13.0. The summed E-state index contributed by atoms with van der Waals surface area (Å²) in [4.78, 5) is 0. The van der Waals surface area contributed by atoms with E-state index < -0.39 is 0 Å². The van der Waals surface area contributed by atoms with Crippen LogP contribution in [-0.2, 0) is 0 Å². The Balaban J connectivity index is 1.85. The van der Waals surface area contributed by atoms with Crippen LogP contribution in [0.15, 0.2) is 48.5 Å². The monoisotopic (exact) mass is 270 g/mol. The van der Waals surface area contributed by atoms with Crippen molar-refractivity contribution in [1.82, 2.24) is 0 Å². The van der Waals surface area contributed by atoms with Gasteiger partial charge in [-0.05, 0) is 59.6 Å². The third-order valence-corrected chi connectivity index (χ3v) is 4.47. The van der Waals surface area contributed by atoms with E-state index in [1.165, 1.54) is 17.5 Å². The van der Waals surface area contributed by atoms with E-state index in [1.54, 1.807) is 19.2 Å². The number of benzene rings is 2. The molecule has 2 aromatic rings. The zero-order valence-corrected chi connectivity index (χ0v) is 11.8. The Kier molecular flexibility index (Phi) is 3.47. The molecule has 2 aromatic carbocycles. The first-order valence-corrected chi connectivity index (χ1v) is 7.08. The molecule has 20 heavy (non-hydrogen) atoms. The van der Waals surface area contributed by atoms with E-state index in [4.69, 9.17) is 4.74 Å². The second-order valence-electron chi connectivity index (χ2n) is 5.67. The van der Waals surface area contributed by atoms with Gasteiger partial charge in [0.05, 0.1) is 7.11 Å². The zero-order valence-electron chi connectivity index (χ0n) is 11.8. The molecule has 0 aromatic heterocycles. The molecule has 0 amide bonds. The predicted molar refractivity (Wildman–Crippen MR) is 78.7 cm³/mol. The normalized spacial score (nSPS) is 25.1. The molecular formula is C18H19FO. The van der Waals surface area contributed by atoms with Crippen molar-refractivity contribution in [3.8, 4) is 5.75 Å². The molecular weight excluding hydrogens is 251 g/mol. The van der Waals surface area contributed by atoms with E-state index in [0.717, 1.165) is 5.75 Å². The third kappa shape index (κ3) is 2.31. The van der Waals surface area contributed by atoms with Crippen molar-refractivity contribution in [2.24, 2.45) is 5.92 Å². The maximum Gasteiger partial charge on any atom is 0.123 e. The molecule has 1 nitrogen and oxygen atoms in total. The van der Waals surface area contributed by atoms with E-state index >= 15 is 0 Å². The van der Waals surface area contributed by atoms with Gasteiger partial charge in [-0.25, -0.2) is 4.39 Å². The first-order valence-electron chi connectivity index (χ1n) is 7.08. The summed E-state index contributed by atoms with van der Waals surface area (Å²) >= 11 is 0. The number of hydrogen-bond acceptors (Lipinski definition) is 1. The van der Waals surface area contributed by atoms with Gasteiger partial charge in [0, 0.05) is 0 Å². The van der Waals surface area contributed by atoms with Gasteiger partial charge in [0.2, 0.25) is 0 Å². The number of rotatable bonds is 3. The fraction of sp³-hybridized carbons (Fsp3) is 0.333. The molecule has 1 saturated carbocycles. The number of ether oxygens (including phenoxy) is 1. The molecule has 0 spiro atoms. The summed E-state index contributed by atoms with van der Waals surface area (Å²) in [5.74, 6) is 2.41. The van der Waals surface area contributed by atoms with Gasteiger partial charge in [0.1, 0.15) is 11.6 Å². The molecule has 0 heterocycles. The quantitative estimate of drug-likeness (QED) is 0.782. The number of hydrogen-bond donors (Lipinski definition) is 0. The second kappa shape index (κ2) is 5.28. The standard InChI is InChI=1S/C18H19FO/c1-12-11-17(13-3-7-15(19)8-4-13)18(12)14-5-9-16(20-2)10-6-14/h3-10,12,17-18H,11H2,1-2H3/t12-,17-,18-/m1/s1. The molecule has 1 fully saturated rings. The Hall–Kier alpha value is -1.83. The van der Waals surface area contributed by atoms with Crippen LogP contribution in [0, 0.1) is 11.7 Å². The highest BCUT2D eigenvalue weighted by molar-refractivity contribution is 5.36. The minimum atomic E-state index is -0.165. The number of methoxy groups -OCH3 is 1. The van der Waals surface area contributed by atoms with Gasteiger partial charge in [-0.3, -0.25) is 0 Å². The van der Waals surface area contributed by atoms with Gasteiger partial charge in [-0.2, -0.15) is 0 Å². The zero-order chi connectivity index (χ0) is 14.1. The molecule has 3 rings (SSSR count). The van der Waals surface area contributed by atoms with Crippen molar-refractivity contribution in [1.29, 1.82) is 0 Å². The second-order valence-corrected chi connectivity index (χ2v) is 5.67. The van der Waals surface area contributed by atoms with Gasteiger partial charge in [-0.1, -0.05) is 31.2 Å². The van der Waals surface area contributed by atoms with Crippen molar-refractivity contribution in [3.05, 3.63) is 65.5 Å². The van der Waals surface area contributed by atoms with Crippen molar-refractivity contribution >= 4 is 0 Å². The molecule has 3 atom stereocenters. The highest BCUT2D eigenvalue weighted by atomic mass is 19.1. The minimum Gasteiger partial charge on any atom is -0.497 e. The van der Waals surface area contributed by atoms with Gasteiger partial charge in [-0.15, -0.1) is 0 Å². The Labute approximate surface area is 119 Å². The van der Waals surface area contributed by atoms with Crippen LogP contribution in [0.3, 0.4) is 0 Å². The highest BCUT2D eigenvalue weighted by Gasteiger charge is 2.39. The first kappa shape index (κ1) is 13.2. The van der Waals surface area contributed by atoms with Crippen molar-refractivity contribution in [2.45, 2.75) is 25.2 Å². The van der Waals surface area contributed by atoms with Crippen LogP contribution in [0.25, 0.3) is 0 Å². The Bertz CT molecular complexity index is 573. The Morgan fingerprint density at radius 3 is 2.10 bits per heavy atom. The molecule has 1 aliphatic carbocycles. The van der Waals surface area contributed by atoms with Crippen molar-refractivity contribution < 1.29 is 9.13 Å².